The number of carbonyl (C=O) groups is 2. The molecule has 2 aliphatic heterocycles. The molecule has 0 bridgehead atoms. The molecule has 0 radical (unpaired) electrons. The normalized spacial score (nSPS) is 17.2. The van der Waals surface area contributed by atoms with Crippen molar-refractivity contribution in [2.75, 3.05) is 56.3 Å². The lowest BCUT2D eigenvalue weighted by Crippen LogP contribution is -2.45. The summed E-state index contributed by atoms with van der Waals surface area (Å²) < 4.78 is 10.3. The highest BCUT2D eigenvalue weighted by molar-refractivity contribution is 6.44. The standard InChI is InChI=1S/C21H26Cl2N6O4/c1-12-16(22)17(23)18(24-12)19(30)25-13-3-5-28(6-4-13)15-11-14(20(31)32-2)26-21(27-15)29-7-9-33-10-8-29/h11,13,24H,3-10H2,1-2H3,(H,25,30). The smallest absolute Gasteiger partial charge is 0.356 e. The van der Waals surface area contributed by atoms with E-state index in [2.05, 4.69) is 20.2 Å². The average molecular weight is 497 g/mol. The molecule has 2 aromatic rings. The van der Waals surface area contributed by atoms with Crippen LogP contribution in [0.25, 0.3) is 0 Å². The number of rotatable bonds is 5. The van der Waals surface area contributed by atoms with Gasteiger partial charge >= 0.3 is 5.97 Å². The van der Waals surface area contributed by atoms with Crippen LogP contribution < -0.4 is 15.1 Å². The Kier molecular flexibility index (Phi) is 7.26. The first kappa shape index (κ1) is 23.6. The van der Waals surface area contributed by atoms with Crippen molar-refractivity contribution in [2.24, 2.45) is 0 Å². The number of esters is 1. The second kappa shape index (κ2) is 10.1. The second-order valence-corrected chi connectivity index (χ2v) is 8.75. The monoisotopic (exact) mass is 496 g/mol. The molecule has 0 aromatic carbocycles. The van der Waals surface area contributed by atoms with E-state index < -0.39 is 5.97 Å². The first-order valence-electron chi connectivity index (χ1n) is 10.8. The first-order chi connectivity index (χ1) is 15.9. The van der Waals surface area contributed by atoms with Crippen LogP contribution in [-0.2, 0) is 9.47 Å². The van der Waals surface area contributed by atoms with Gasteiger partial charge in [0.15, 0.2) is 5.69 Å². The van der Waals surface area contributed by atoms with Gasteiger partial charge in [-0.15, -0.1) is 0 Å². The Bertz CT molecular complexity index is 1030. The number of nitrogens with zero attached hydrogens (tertiary/aromatic N) is 4. The lowest BCUT2D eigenvalue weighted by Gasteiger charge is -2.34. The Morgan fingerprint density at radius 1 is 1.12 bits per heavy atom. The molecule has 0 saturated carbocycles. The van der Waals surface area contributed by atoms with Crippen molar-refractivity contribution in [3.8, 4) is 0 Å². The number of methoxy groups -OCH3 is 1. The molecule has 12 heteroatoms. The van der Waals surface area contributed by atoms with E-state index >= 15 is 0 Å². The van der Waals surface area contributed by atoms with Gasteiger partial charge in [0.25, 0.3) is 5.91 Å². The van der Waals surface area contributed by atoms with Crippen molar-refractivity contribution in [3.63, 3.8) is 0 Å². The van der Waals surface area contributed by atoms with E-state index in [1.807, 2.05) is 4.90 Å². The molecule has 0 unspecified atom stereocenters. The molecule has 2 N–H and O–H groups in total. The van der Waals surface area contributed by atoms with Crippen molar-refractivity contribution in [3.05, 3.63) is 33.2 Å². The number of anilines is 2. The summed E-state index contributed by atoms with van der Waals surface area (Å²) in [6.07, 6.45) is 1.42. The summed E-state index contributed by atoms with van der Waals surface area (Å²) in [5.74, 6) is 0.358. The minimum Gasteiger partial charge on any atom is -0.464 e. The number of hydrogen-bond acceptors (Lipinski definition) is 8. The molecule has 4 heterocycles. The van der Waals surface area contributed by atoms with Gasteiger partial charge in [-0.2, -0.15) is 4.98 Å². The summed E-state index contributed by atoms with van der Waals surface area (Å²) >= 11 is 12.2. The van der Waals surface area contributed by atoms with Crippen LogP contribution in [0.4, 0.5) is 11.8 Å². The number of carbonyl (C=O) groups excluding carboxylic acids is 2. The van der Waals surface area contributed by atoms with Crippen molar-refractivity contribution in [1.82, 2.24) is 20.3 Å². The van der Waals surface area contributed by atoms with Gasteiger partial charge in [0.1, 0.15) is 11.5 Å². The predicted octanol–water partition coefficient (Wildman–Crippen LogP) is 2.44. The number of halogens is 2. The SMILES string of the molecule is COC(=O)c1cc(N2CCC(NC(=O)c3[nH]c(C)c(Cl)c3Cl)CC2)nc(N2CCOCC2)n1. The summed E-state index contributed by atoms with van der Waals surface area (Å²) in [4.78, 5) is 41.0. The van der Waals surface area contributed by atoms with Crippen LogP contribution in [0.1, 0.15) is 39.5 Å². The maximum atomic E-state index is 12.6. The Balaban J connectivity index is 1.44. The molecule has 33 heavy (non-hydrogen) atoms. The number of H-pyrrole nitrogens is 1. The fraction of sp³-hybridized carbons (Fsp3) is 0.524. The Morgan fingerprint density at radius 3 is 2.42 bits per heavy atom. The number of morpholine rings is 1. The lowest BCUT2D eigenvalue weighted by molar-refractivity contribution is 0.0593. The second-order valence-electron chi connectivity index (χ2n) is 7.99. The van der Waals surface area contributed by atoms with Crippen LogP contribution >= 0.6 is 23.2 Å². The first-order valence-corrected chi connectivity index (χ1v) is 11.5. The summed E-state index contributed by atoms with van der Waals surface area (Å²) in [6.45, 7) is 5.56. The minimum absolute atomic E-state index is 0.0205. The van der Waals surface area contributed by atoms with Crippen LogP contribution in [0.15, 0.2) is 6.07 Å². The van der Waals surface area contributed by atoms with Gasteiger partial charge < -0.3 is 29.6 Å². The zero-order valence-electron chi connectivity index (χ0n) is 18.5. The quantitative estimate of drug-likeness (QED) is 0.606. The van der Waals surface area contributed by atoms with Crippen LogP contribution in [0, 0.1) is 6.92 Å². The van der Waals surface area contributed by atoms with Crippen molar-refractivity contribution < 1.29 is 19.1 Å². The molecular formula is C21H26Cl2N6O4. The number of ether oxygens (including phenoxy) is 2. The molecule has 10 nitrogen and oxygen atoms in total. The molecule has 0 atom stereocenters. The molecule has 1 amide bonds. The summed E-state index contributed by atoms with van der Waals surface area (Å²) in [5, 5.41) is 3.61. The van der Waals surface area contributed by atoms with Gasteiger partial charge in [-0.05, 0) is 19.8 Å². The van der Waals surface area contributed by atoms with Crippen LogP contribution in [0.5, 0.6) is 0 Å². The van der Waals surface area contributed by atoms with E-state index in [4.69, 9.17) is 37.7 Å². The number of piperidine rings is 1. The van der Waals surface area contributed by atoms with Gasteiger partial charge in [0.05, 0.1) is 30.4 Å². The van der Waals surface area contributed by atoms with Gasteiger partial charge in [-0.1, -0.05) is 23.2 Å². The van der Waals surface area contributed by atoms with Crippen molar-refractivity contribution in [1.29, 1.82) is 0 Å². The number of nitrogens with one attached hydrogen (secondary N) is 2. The molecule has 178 valence electrons. The Hall–Kier alpha value is -2.56. The molecule has 2 fully saturated rings. The Morgan fingerprint density at radius 2 is 1.82 bits per heavy atom. The fourth-order valence-electron chi connectivity index (χ4n) is 3.94. The molecule has 4 rings (SSSR count). The summed E-state index contributed by atoms with van der Waals surface area (Å²) in [6, 6.07) is 1.63. The third-order valence-corrected chi connectivity index (χ3v) is 6.77. The third-order valence-electron chi connectivity index (χ3n) is 5.82. The topological polar surface area (TPSA) is 113 Å². The van der Waals surface area contributed by atoms with Crippen LogP contribution in [-0.4, -0.2) is 79.4 Å². The maximum Gasteiger partial charge on any atom is 0.356 e. The van der Waals surface area contributed by atoms with Crippen molar-refractivity contribution >= 4 is 46.8 Å². The number of aromatic nitrogens is 3. The predicted molar refractivity (Wildman–Crippen MR) is 125 cm³/mol. The fourth-order valence-corrected chi connectivity index (χ4v) is 4.35. The van der Waals surface area contributed by atoms with Gasteiger partial charge in [-0.3, -0.25) is 4.79 Å². The minimum atomic E-state index is -0.507. The van der Waals surface area contributed by atoms with E-state index in [0.717, 1.165) is 0 Å². The third kappa shape index (κ3) is 5.18. The summed E-state index contributed by atoms with van der Waals surface area (Å²) in [7, 11) is 1.33. The van der Waals surface area contributed by atoms with Crippen LogP contribution in [0.3, 0.4) is 0 Å². The molecule has 0 spiro atoms. The molecule has 2 aliphatic rings. The lowest BCUT2D eigenvalue weighted by atomic mass is 10.0. The van der Waals surface area contributed by atoms with E-state index in [9.17, 15) is 9.59 Å². The molecule has 0 aliphatic carbocycles. The van der Waals surface area contributed by atoms with E-state index in [1.54, 1.807) is 13.0 Å². The average Bonchev–Trinajstić information content (AvgIpc) is 3.11. The number of aryl methyl sites for hydroxylation is 1. The van der Waals surface area contributed by atoms with Crippen LogP contribution in [0.2, 0.25) is 10.0 Å². The van der Waals surface area contributed by atoms with E-state index in [1.165, 1.54) is 7.11 Å². The zero-order chi connectivity index (χ0) is 23.5. The van der Waals surface area contributed by atoms with Gasteiger partial charge in [0, 0.05) is 44.0 Å². The highest BCUT2D eigenvalue weighted by atomic mass is 35.5. The number of aromatic amines is 1. The molecular weight excluding hydrogens is 471 g/mol. The van der Waals surface area contributed by atoms with E-state index in [0.29, 0.717) is 74.7 Å². The highest BCUT2D eigenvalue weighted by Gasteiger charge is 2.26. The summed E-state index contributed by atoms with van der Waals surface area (Å²) in [5.41, 5.74) is 1.14. The maximum absolute atomic E-state index is 12.6. The van der Waals surface area contributed by atoms with Crippen molar-refractivity contribution in [2.45, 2.75) is 25.8 Å². The molecule has 2 aromatic heterocycles. The highest BCUT2D eigenvalue weighted by Crippen LogP contribution is 2.29. The molecule has 2 saturated heterocycles. The van der Waals surface area contributed by atoms with Gasteiger partial charge in [0.2, 0.25) is 5.95 Å². The Labute approximate surface area is 201 Å². The number of hydrogen-bond donors (Lipinski definition) is 2. The van der Waals surface area contributed by atoms with E-state index in [-0.39, 0.29) is 28.4 Å². The largest absolute Gasteiger partial charge is 0.464 e. The van der Waals surface area contributed by atoms with Gasteiger partial charge in [-0.25, -0.2) is 9.78 Å². The zero-order valence-corrected chi connectivity index (χ0v) is 20.0. The number of amides is 1.